The Morgan fingerprint density at radius 2 is 1.68 bits per heavy atom. The lowest BCUT2D eigenvalue weighted by atomic mass is 9.81. The molecule has 1 aromatic heterocycles. The summed E-state index contributed by atoms with van der Waals surface area (Å²) in [5.74, 6) is 0. The summed E-state index contributed by atoms with van der Waals surface area (Å²) in [5, 5.41) is 10.1. The second-order valence-corrected chi connectivity index (χ2v) is 7.16. The lowest BCUT2D eigenvalue weighted by Gasteiger charge is -2.37. The molecule has 4 heteroatoms. The maximum Gasteiger partial charge on any atom is 0.309 e. The minimum absolute atomic E-state index is 0.0295. The largest absolute Gasteiger partial charge is 0.427 e. The number of hydrogen-bond donors (Lipinski definition) is 1. The van der Waals surface area contributed by atoms with E-state index in [-0.39, 0.29) is 5.41 Å². The Morgan fingerprint density at radius 3 is 2.16 bits per heavy atom. The molecular weight excluding hydrogens is 237 g/mol. The summed E-state index contributed by atoms with van der Waals surface area (Å²) in [6.07, 6.45) is 1.82. The topological polar surface area (TPSA) is 42.4 Å². The molecule has 0 amide bonds. The van der Waals surface area contributed by atoms with Crippen LogP contribution in [0.5, 0.6) is 0 Å². The van der Waals surface area contributed by atoms with Crippen LogP contribution in [0.2, 0.25) is 0 Å². The molecule has 0 aliphatic heterocycles. The Morgan fingerprint density at radius 1 is 1.11 bits per heavy atom. The third-order valence-electron chi connectivity index (χ3n) is 3.67. The van der Waals surface area contributed by atoms with E-state index in [4.69, 9.17) is 4.65 Å². The van der Waals surface area contributed by atoms with Crippen LogP contribution in [0.25, 0.3) is 0 Å². The molecule has 3 nitrogen and oxygen atoms in total. The SMILES string of the molecule is CC(C)(C)c1cc(BOC(C)(C)C(C)(C)O)ccn1. The van der Waals surface area contributed by atoms with Crippen molar-refractivity contribution in [2.45, 2.75) is 65.1 Å². The Hall–Kier alpha value is -0.865. The Kier molecular flexibility index (Phi) is 4.48. The summed E-state index contributed by atoms with van der Waals surface area (Å²) in [7, 11) is 0.475. The van der Waals surface area contributed by atoms with Crippen molar-refractivity contribution >= 4 is 12.9 Å². The minimum atomic E-state index is -0.882. The van der Waals surface area contributed by atoms with Gasteiger partial charge in [0, 0.05) is 17.3 Å². The molecule has 0 unspecified atom stereocenters. The highest BCUT2D eigenvalue weighted by Gasteiger charge is 2.35. The van der Waals surface area contributed by atoms with Crippen molar-refractivity contribution < 1.29 is 9.76 Å². The zero-order valence-corrected chi connectivity index (χ0v) is 13.2. The number of aliphatic hydroxyl groups is 1. The van der Waals surface area contributed by atoms with Gasteiger partial charge in [-0.15, -0.1) is 0 Å². The number of rotatable bonds is 4. The maximum absolute atomic E-state index is 10.1. The van der Waals surface area contributed by atoms with Crippen molar-refractivity contribution in [3.8, 4) is 0 Å². The van der Waals surface area contributed by atoms with Crippen LogP contribution in [0.15, 0.2) is 18.3 Å². The molecule has 0 aromatic carbocycles. The molecule has 1 heterocycles. The van der Waals surface area contributed by atoms with Crippen molar-refractivity contribution in [3.63, 3.8) is 0 Å². The van der Waals surface area contributed by atoms with E-state index in [2.05, 4.69) is 31.8 Å². The molecule has 0 saturated carbocycles. The average Bonchev–Trinajstić information content (AvgIpc) is 2.24. The van der Waals surface area contributed by atoms with Crippen LogP contribution in [0.4, 0.5) is 0 Å². The Bertz CT molecular complexity index is 431. The standard InChI is InChI=1S/C15H26BNO2/c1-13(2,3)12-10-11(8-9-17-12)16-19-15(6,7)14(4,5)18/h8-10,16,18H,1-7H3. The summed E-state index contributed by atoms with van der Waals surface area (Å²) < 4.78 is 5.87. The first kappa shape index (κ1) is 16.2. The van der Waals surface area contributed by atoms with Crippen LogP contribution in [0.3, 0.4) is 0 Å². The quantitative estimate of drug-likeness (QED) is 0.844. The van der Waals surface area contributed by atoms with Gasteiger partial charge in [0.2, 0.25) is 0 Å². The van der Waals surface area contributed by atoms with Gasteiger partial charge in [-0.25, -0.2) is 0 Å². The molecule has 0 atom stereocenters. The van der Waals surface area contributed by atoms with E-state index >= 15 is 0 Å². The minimum Gasteiger partial charge on any atom is -0.427 e. The first-order valence-electron chi connectivity index (χ1n) is 6.75. The molecule has 1 N–H and O–H groups in total. The summed E-state index contributed by atoms with van der Waals surface area (Å²) in [6.45, 7) is 13.8. The van der Waals surface area contributed by atoms with Crippen LogP contribution in [0, 0.1) is 0 Å². The fraction of sp³-hybridized carbons (Fsp3) is 0.667. The molecule has 0 bridgehead atoms. The Balaban J connectivity index is 2.80. The molecular formula is C15H26BNO2. The van der Waals surface area contributed by atoms with Gasteiger partial charge in [-0.1, -0.05) is 20.8 Å². The zero-order valence-electron chi connectivity index (χ0n) is 13.2. The molecule has 0 spiro atoms. The molecule has 1 rings (SSSR count). The summed E-state index contributed by atoms with van der Waals surface area (Å²) in [6, 6.07) is 4.02. The van der Waals surface area contributed by atoms with Crippen LogP contribution in [-0.2, 0) is 10.1 Å². The van der Waals surface area contributed by atoms with Gasteiger partial charge >= 0.3 is 7.48 Å². The van der Waals surface area contributed by atoms with Crippen LogP contribution in [-0.4, -0.2) is 28.8 Å². The second kappa shape index (κ2) is 5.26. The van der Waals surface area contributed by atoms with Crippen LogP contribution >= 0.6 is 0 Å². The van der Waals surface area contributed by atoms with Gasteiger partial charge in [-0.05, 0) is 45.3 Å². The molecule has 1 aromatic rings. The number of hydrogen-bond acceptors (Lipinski definition) is 3. The van der Waals surface area contributed by atoms with Gasteiger partial charge in [0.1, 0.15) is 0 Å². The Labute approximate surface area is 117 Å². The van der Waals surface area contributed by atoms with Gasteiger partial charge in [-0.3, -0.25) is 4.98 Å². The van der Waals surface area contributed by atoms with Crippen molar-refractivity contribution in [3.05, 3.63) is 24.0 Å². The molecule has 0 radical (unpaired) electrons. The molecule has 0 saturated heterocycles. The van der Waals surface area contributed by atoms with E-state index in [1.807, 2.05) is 26.1 Å². The van der Waals surface area contributed by atoms with Crippen molar-refractivity contribution in [2.24, 2.45) is 0 Å². The summed E-state index contributed by atoms with van der Waals surface area (Å²) >= 11 is 0. The molecule has 106 valence electrons. The van der Waals surface area contributed by atoms with Crippen LogP contribution in [0.1, 0.15) is 54.2 Å². The van der Waals surface area contributed by atoms with E-state index in [0.29, 0.717) is 7.48 Å². The van der Waals surface area contributed by atoms with Crippen LogP contribution < -0.4 is 5.46 Å². The fourth-order valence-electron chi connectivity index (χ4n) is 1.41. The van der Waals surface area contributed by atoms with E-state index in [1.165, 1.54) is 0 Å². The predicted octanol–water partition coefficient (Wildman–Crippen LogP) is 1.92. The third kappa shape index (κ3) is 4.32. The summed E-state index contributed by atoms with van der Waals surface area (Å²) in [4.78, 5) is 4.40. The first-order valence-corrected chi connectivity index (χ1v) is 6.75. The van der Waals surface area contributed by atoms with E-state index in [0.717, 1.165) is 11.2 Å². The van der Waals surface area contributed by atoms with E-state index in [9.17, 15) is 5.11 Å². The van der Waals surface area contributed by atoms with Gasteiger partial charge in [0.25, 0.3) is 0 Å². The maximum atomic E-state index is 10.1. The lowest BCUT2D eigenvalue weighted by molar-refractivity contribution is -0.0893. The predicted molar refractivity (Wildman–Crippen MR) is 81.2 cm³/mol. The number of nitrogens with zero attached hydrogens (tertiary/aromatic N) is 1. The first-order chi connectivity index (χ1) is 8.43. The van der Waals surface area contributed by atoms with E-state index in [1.54, 1.807) is 13.8 Å². The van der Waals surface area contributed by atoms with Crippen molar-refractivity contribution in [1.29, 1.82) is 0 Å². The van der Waals surface area contributed by atoms with Gasteiger partial charge in [-0.2, -0.15) is 0 Å². The highest BCUT2D eigenvalue weighted by Crippen LogP contribution is 2.24. The van der Waals surface area contributed by atoms with Crippen molar-refractivity contribution in [2.75, 3.05) is 0 Å². The zero-order chi connectivity index (χ0) is 14.9. The van der Waals surface area contributed by atoms with Gasteiger partial charge < -0.3 is 9.76 Å². The normalized spacial score (nSPS) is 13.5. The van der Waals surface area contributed by atoms with Crippen molar-refractivity contribution in [1.82, 2.24) is 4.98 Å². The third-order valence-corrected chi connectivity index (χ3v) is 3.67. The fourth-order valence-corrected chi connectivity index (χ4v) is 1.41. The molecule has 0 aliphatic carbocycles. The molecule has 0 aliphatic rings. The number of aromatic nitrogens is 1. The van der Waals surface area contributed by atoms with Gasteiger partial charge in [0.15, 0.2) is 0 Å². The summed E-state index contributed by atoms with van der Waals surface area (Å²) in [5.41, 5.74) is 0.680. The highest BCUT2D eigenvalue weighted by molar-refractivity contribution is 6.47. The molecule has 0 fully saturated rings. The second-order valence-electron chi connectivity index (χ2n) is 7.16. The average molecular weight is 263 g/mol. The number of pyridine rings is 1. The highest BCUT2D eigenvalue weighted by atomic mass is 16.5. The monoisotopic (exact) mass is 263 g/mol. The lowest BCUT2D eigenvalue weighted by Crippen LogP contribution is -2.49. The van der Waals surface area contributed by atoms with E-state index < -0.39 is 11.2 Å². The molecule has 19 heavy (non-hydrogen) atoms. The smallest absolute Gasteiger partial charge is 0.309 e. The van der Waals surface area contributed by atoms with Gasteiger partial charge in [0.05, 0.1) is 11.2 Å².